The summed E-state index contributed by atoms with van der Waals surface area (Å²) in [4.78, 5) is 12.2. The average Bonchev–Trinajstić information content (AvgIpc) is 3.29. The van der Waals surface area contributed by atoms with Crippen LogP contribution < -0.4 is 4.90 Å². The highest BCUT2D eigenvalue weighted by molar-refractivity contribution is 5.91. The minimum Gasteiger partial charge on any atom is -0.356 e. The van der Waals surface area contributed by atoms with Crippen LogP contribution in [0.25, 0.3) is 22.3 Å². The number of benzene rings is 2. The van der Waals surface area contributed by atoms with Crippen molar-refractivity contribution in [3.05, 3.63) is 73.1 Å². The zero-order valence-corrected chi connectivity index (χ0v) is 15.1. The minimum absolute atomic E-state index is 0.470. The summed E-state index contributed by atoms with van der Waals surface area (Å²) in [5.41, 5.74) is 2.05. The molecule has 0 unspecified atom stereocenters. The van der Waals surface area contributed by atoms with Gasteiger partial charge >= 0.3 is 0 Å². The van der Waals surface area contributed by atoms with Gasteiger partial charge in [-0.25, -0.2) is 9.97 Å². The number of hydrogen-bond donors (Lipinski definition) is 0. The fourth-order valence-electron chi connectivity index (χ4n) is 3.86. The molecule has 0 saturated carbocycles. The number of anilines is 1. The second-order valence-corrected chi connectivity index (χ2v) is 6.96. The van der Waals surface area contributed by atoms with Crippen molar-refractivity contribution in [2.45, 2.75) is 18.9 Å². The van der Waals surface area contributed by atoms with E-state index in [9.17, 15) is 0 Å². The number of nitrogens with zero attached hydrogens (tertiary/aromatic N) is 5. The standard InChI is InChI=1S/C22H21N5/c1-2-7-17(8-3-1)21-24-20-10-5-4-9-19(20)22(25-21)26-15-11-18(12-16-26)27-14-6-13-23-27/h1-10,13-14,18H,11-12,15-16H2. The molecule has 27 heavy (non-hydrogen) atoms. The molecule has 0 N–H and O–H groups in total. The highest BCUT2D eigenvalue weighted by Gasteiger charge is 2.23. The Bertz CT molecular complexity index is 1030. The fourth-order valence-corrected chi connectivity index (χ4v) is 3.86. The van der Waals surface area contributed by atoms with Gasteiger partial charge in [-0.3, -0.25) is 4.68 Å². The molecule has 0 atom stereocenters. The van der Waals surface area contributed by atoms with Crippen LogP contribution in [-0.4, -0.2) is 32.8 Å². The van der Waals surface area contributed by atoms with E-state index < -0.39 is 0 Å². The van der Waals surface area contributed by atoms with Gasteiger partial charge in [0.2, 0.25) is 0 Å². The van der Waals surface area contributed by atoms with E-state index in [1.165, 1.54) is 0 Å². The van der Waals surface area contributed by atoms with Gasteiger partial charge in [-0.15, -0.1) is 0 Å². The lowest BCUT2D eigenvalue weighted by molar-refractivity contribution is 0.366. The third kappa shape index (κ3) is 3.05. The van der Waals surface area contributed by atoms with Crippen LogP contribution in [-0.2, 0) is 0 Å². The van der Waals surface area contributed by atoms with Gasteiger partial charge in [0.05, 0.1) is 11.6 Å². The monoisotopic (exact) mass is 355 g/mol. The van der Waals surface area contributed by atoms with Crippen LogP contribution in [0.5, 0.6) is 0 Å². The Hall–Kier alpha value is -3.21. The van der Waals surface area contributed by atoms with Crippen molar-refractivity contribution in [3.63, 3.8) is 0 Å². The molecule has 5 heteroatoms. The quantitative estimate of drug-likeness (QED) is 0.549. The first-order valence-electron chi connectivity index (χ1n) is 9.45. The lowest BCUT2D eigenvalue weighted by atomic mass is 10.0. The van der Waals surface area contributed by atoms with E-state index in [2.05, 4.69) is 51.2 Å². The van der Waals surface area contributed by atoms with Gasteiger partial charge in [-0.1, -0.05) is 42.5 Å². The summed E-state index contributed by atoms with van der Waals surface area (Å²) in [6.07, 6.45) is 6.06. The van der Waals surface area contributed by atoms with Gasteiger partial charge in [-0.05, 0) is 31.0 Å². The van der Waals surface area contributed by atoms with Crippen molar-refractivity contribution >= 4 is 16.7 Å². The van der Waals surface area contributed by atoms with Gasteiger partial charge in [0.1, 0.15) is 5.82 Å². The molecule has 4 aromatic rings. The molecule has 0 bridgehead atoms. The Labute approximate surface area is 158 Å². The van der Waals surface area contributed by atoms with Crippen molar-refractivity contribution in [3.8, 4) is 11.4 Å². The molecule has 3 heterocycles. The zero-order valence-electron chi connectivity index (χ0n) is 15.1. The van der Waals surface area contributed by atoms with Crippen molar-refractivity contribution in [1.29, 1.82) is 0 Å². The molecule has 5 nitrogen and oxygen atoms in total. The number of para-hydroxylation sites is 1. The van der Waals surface area contributed by atoms with Gasteiger partial charge < -0.3 is 4.90 Å². The molecule has 0 amide bonds. The molecule has 2 aromatic heterocycles. The maximum absolute atomic E-state index is 4.97. The smallest absolute Gasteiger partial charge is 0.162 e. The Morgan fingerprint density at radius 3 is 2.37 bits per heavy atom. The lowest BCUT2D eigenvalue weighted by Gasteiger charge is -2.33. The van der Waals surface area contributed by atoms with Gasteiger partial charge in [0, 0.05) is 36.4 Å². The third-order valence-corrected chi connectivity index (χ3v) is 5.28. The summed E-state index contributed by atoms with van der Waals surface area (Å²) in [7, 11) is 0. The van der Waals surface area contributed by atoms with E-state index in [1.807, 2.05) is 36.5 Å². The summed E-state index contributed by atoms with van der Waals surface area (Å²) in [6, 6.07) is 21.0. The molecule has 0 spiro atoms. The number of rotatable bonds is 3. The van der Waals surface area contributed by atoms with Gasteiger partial charge in [0.15, 0.2) is 5.82 Å². The van der Waals surface area contributed by atoms with Crippen LogP contribution in [0, 0.1) is 0 Å². The van der Waals surface area contributed by atoms with Crippen LogP contribution in [0.4, 0.5) is 5.82 Å². The highest BCUT2D eigenvalue weighted by Crippen LogP contribution is 2.31. The van der Waals surface area contributed by atoms with Crippen LogP contribution in [0.15, 0.2) is 73.1 Å². The summed E-state index contributed by atoms with van der Waals surface area (Å²) in [5, 5.41) is 5.53. The molecule has 1 aliphatic heterocycles. The maximum Gasteiger partial charge on any atom is 0.162 e. The van der Waals surface area contributed by atoms with E-state index in [4.69, 9.17) is 9.97 Å². The fraction of sp³-hybridized carbons (Fsp3) is 0.227. The van der Waals surface area contributed by atoms with E-state index in [0.717, 1.165) is 54.0 Å². The Kier molecular flexibility index (Phi) is 4.05. The normalized spacial score (nSPS) is 15.3. The molecule has 2 aromatic carbocycles. The predicted molar refractivity (Wildman–Crippen MR) is 108 cm³/mol. The van der Waals surface area contributed by atoms with Crippen molar-refractivity contribution in [1.82, 2.24) is 19.7 Å². The first-order valence-corrected chi connectivity index (χ1v) is 9.45. The molecular formula is C22H21N5. The molecular weight excluding hydrogens is 334 g/mol. The molecule has 134 valence electrons. The second kappa shape index (κ2) is 6.83. The van der Waals surface area contributed by atoms with E-state index >= 15 is 0 Å². The summed E-state index contributed by atoms with van der Waals surface area (Å²) >= 11 is 0. The van der Waals surface area contributed by atoms with Gasteiger partial charge in [0.25, 0.3) is 0 Å². The van der Waals surface area contributed by atoms with E-state index in [1.54, 1.807) is 0 Å². The van der Waals surface area contributed by atoms with E-state index in [-0.39, 0.29) is 0 Å². The van der Waals surface area contributed by atoms with Crippen LogP contribution in [0.1, 0.15) is 18.9 Å². The third-order valence-electron chi connectivity index (χ3n) is 5.28. The highest BCUT2D eigenvalue weighted by atomic mass is 15.3. The molecule has 1 saturated heterocycles. The first kappa shape index (κ1) is 16.0. The number of piperidine rings is 1. The Morgan fingerprint density at radius 1 is 0.815 bits per heavy atom. The molecule has 1 fully saturated rings. The van der Waals surface area contributed by atoms with Crippen LogP contribution in [0.3, 0.4) is 0 Å². The lowest BCUT2D eigenvalue weighted by Crippen LogP contribution is -2.35. The Morgan fingerprint density at radius 2 is 1.59 bits per heavy atom. The predicted octanol–water partition coefficient (Wildman–Crippen LogP) is 4.33. The number of fused-ring (bicyclic) bond motifs is 1. The molecule has 0 radical (unpaired) electrons. The average molecular weight is 355 g/mol. The SMILES string of the molecule is c1ccc(-c2nc(N3CCC(n4cccn4)CC3)c3ccccc3n2)cc1. The van der Waals surface area contributed by atoms with Crippen molar-refractivity contribution in [2.75, 3.05) is 18.0 Å². The molecule has 0 aliphatic carbocycles. The molecule has 5 rings (SSSR count). The largest absolute Gasteiger partial charge is 0.356 e. The summed E-state index contributed by atoms with van der Waals surface area (Å²) < 4.78 is 2.09. The second-order valence-electron chi connectivity index (χ2n) is 6.96. The minimum atomic E-state index is 0.470. The molecule has 1 aliphatic rings. The zero-order chi connectivity index (χ0) is 18.1. The number of aromatic nitrogens is 4. The first-order chi connectivity index (χ1) is 13.4. The summed E-state index contributed by atoms with van der Waals surface area (Å²) in [6.45, 7) is 1.94. The summed E-state index contributed by atoms with van der Waals surface area (Å²) in [5.74, 6) is 1.83. The van der Waals surface area contributed by atoms with Gasteiger partial charge in [-0.2, -0.15) is 5.10 Å². The number of hydrogen-bond acceptors (Lipinski definition) is 4. The van der Waals surface area contributed by atoms with Crippen LogP contribution >= 0.6 is 0 Å². The Balaban J connectivity index is 1.51. The van der Waals surface area contributed by atoms with Crippen LogP contribution in [0.2, 0.25) is 0 Å². The van der Waals surface area contributed by atoms with Crippen molar-refractivity contribution < 1.29 is 0 Å². The van der Waals surface area contributed by atoms with E-state index in [0.29, 0.717) is 6.04 Å². The topological polar surface area (TPSA) is 46.8 Å². The maximum atomic E-state index is 4.97. The van der Waals surface area contributed by atoms with Crippen molar-refractivity contribution in [2.24, 2.45) is 0 Å².